The number of aliphatic hydroxyl groups is 2. The van der Waals surface area contributed by atoms with Crippen LogP contribution in [0.25, 0.3) is 0 Å². The van der Waals surface area contributed by atoms with Gasteiger partial charge >= 0.3 is 0 Å². The maximum absolute atomic E-state index is 12.5. The van der Waals surface area contributed by atoms with Gasteiger partial charge in [-0.25, -0.2) is 0 Å². The van der Waals surface area contributed by atoms with E-state index >= 15 is 0 Å². The van der Waals surface area contributed by atoms with Crippen molar-refractivity contribution in [2.75, 3.05) is 6.61 Å². The maximum atomic E-state index is 12.5. The predicted octanol–water partition coefficient (Wildman–Crippen LogP) is 21.0. The third-order valence-electron chi connectivity index (χ3n) is 14.9. The molecule has 0 heterocycles. The monoisotopic (exact) mass is 956 g/mol. The van der Waals surface area contributed by atoms with E-state index in [2.05, 4.69) is 31.3 Å². The highest BCUT2D eigenvalue weighted by atomic mass is 16.3. The van der Waals surface area contributed by atoms with Crippen molar-refractivity contribution in [1.29, 1.82) is 0 Å². The second-order valence-corrected chi connectivity index (χ2v) is 21.8. The molecule has 404 valence electrons. The van der Waals surface area contributed by atoms with Gasteiger partial charge in [-0.1, -0.05) is 346 Å². The van der Waals surface area contributed by atoms with Gasteiger partial charge in [0.1, 0.15) is 0 Å². The lowest BCUT2D eigenvalue weighted by molar-refractivity contribution is -0.123. The topological polar surface area (TPSA) is 69.6 Å². The van der Waals surface area contributed by atoms with Crippen LogP contribution in [-0.2, 0) is 4.79 Å². The van der Waals surface area contributed by atoms with Crippen LogP contribution < -0.4 is 5.32 Å². The van der Waals surface area contributed by atoms with Crippen LogP contribution in [0.5, 0.6) is 0 Å². The molecule has 0 aromatic carbocycles. The third kappa shape index (κ3) is 55.8. The van der Waals surface area contributed by atoms with Crippen LogP contribution in [0.2, 0.25) is 0 Å². The Morgan fingerprint density at radius 1 is 0.338 bits per heavy atom. The van der Waals surface area contributed by atoms with Crippen molar-refractivity contribution in [2.24, 2.45) is 0 Å². The van der Waals surface area contributed by atoms with E-state index in [9.17, 15) is 15.0 Å². The van der Waals surface area contributed by atoms with Crippen LogP contribution in [0.1, 0.15) is 361 Å². The molecule has 0 aliphatic heterocycles. The highest BCUT2D eigenvalue weighted by molar-refractivity contribution is 5.76. The van der Waals surface area contributed by atoms with E-state index < -0.39 is 12.1 Å². The number of rotatable bonds is 59. The van der Waals surface area contributed by atoms with E-state index in [4.69, 9.17) is 0 Å². The molecule has 2 atom stereocenters. The molecule has 0 aromatic heterocycles. The fraction of sp³-hybridized carbons (Fsp3) is 0.922. The Morgan fingerprint density at radius 2 is 0.574 bits per heavy atom. The number of unbranched alkanes of at least 4 members (excludes halogenated alkanes) is 50. The summed E-state index contributed by atoms with van der Waals surface area (Å²) in [5, 5.41) is 23.2. The van der Waals surface area contributed by atoms with Gasteiger partial charge in [0, 0.05) is 6.42 Å². The molecule has 0 aliphatic carbocycles. The molecule has 4 nitrogen and oxygen atoms in total. The molecule has 3 N–H and O–H groups in total. The second kappa shape index (κ2) is 60.2. The van der Waals surface area contributed by atoms with Crippen LogP contribution in [0, 0.1) is 0 Å². The lowest BCUT2D eigenvalue weighted by Gasteiger charge is -2.19. The molecule has 0 rings (SSSR count). The van der Waals surface area contributed by atoms with Crippen molar-refractivity contribution in [3.05, 3.63) is 24.3 Å². The summed E-state index contributed by atoms with van der Waals surface area (Å²) in [6.45, 7) is 4.35. The van der Waals surface area contributed by atoms with Gasteiger partial charge in [0.05, 0.1) is 18.8 Å². The van der Waals surface area contributed by atoms with Gasteiger partial charge in [-0.2, -0.15) is 0 Å². The van der Waals surface area contributed by atoms with Crippen LogP contribution in [0.3, 0.4) is 0 Å². The maximum Gasteiger partial charge on any atom is 0.220 e. The molecular weight excluding hydrogens is 831 g/mol. The minimum atomic E-state index is -0.860. The molecule has 0 radical (unpaired) electrons. The minimum Gasteiger partial charge on any atom is -0.394 e. The average molecular weight is 957 g/mol. The van der Waals surface area contributed by atoms with E-state index in [0.717, 1.165) is 32.1 Å². The highest BCUT2D eigenvalue weighted by Gasteiger charge is 2.18. The Labute approximate surface area is 428 Å². The number of aliphatic hydroxyl groups excluding tert-OH is 2. The molecule has 0 spiro atoms. The number of amides is 1. The summed E-state index contributed by atoms with van der Waals surface area (Å²) in [5.41, 5.74) is 0. The number of carbonyl (C=O) groups is 1. The van der Waals surface area contributed by atoms with E-state index in [1.165, 1.54) is 308 Å². The first kappa shape index (κ1) is 66.9. The molecule has 0 aromatic rings. The molecular formula is C64H125NO3. The zero-order valence-electron chi connectivity index (χ0n) is 46.7. The molecule has 0 aliphatic rings. The number of nitrogens with one attached hydrogen (secondary N) is 1. The molecule has 4 heteroatoms. The fourth-order valence-electron chi connectivity index (χ4n) is 10.1. The van der Waals surface area contributed by atoms with Gasteiger partial charge in [0.15, 0.2) is 0 Å². The second-order valence-electron chi connectivity index (χ2n) is 21.8. The quantitative estimate of drug-likeness (QED) is 0.0420. The van der Waals surface area contributed by atoms with E-state index in [1.807, 2.05) is 6.08 Å². The molecule has 0 bridgehead atoms. The van der Waals surface area contributed by atoms with Gasteiger partial charge in [0.25, 0.3) is 0 Å². The van der Waals surface area contributed by atoms with E-state index in [0.29, 0.717) is 6.42 Å². The van der Waals surface area contributed by atoms with Gasteiger partial charge in [0.2, 0.25) is 5.91 Å². The summed E-state index contributed by atoms with van der Waals surface area (Å²) < 4.78 is 0. The molecule has 2 unspecified atom stereocenters. The van der Waals surface area contributed by atoms with Gasteiger partial charge in [-0.3, -0.25) is 4.79 Å². The van der Waals surface area contributed by atoms with E-state index in [1.54, 1.807) is 6.08 Å². The Hall–Kier alpha value is -1.13. The summed E-state index contributed by atoms with van der Waals surface area (Å²) in [7, 11) is 0. The lowest BCUT2D eigenvalue weighted by atomic mass is 10.0. The SMILES string of the molecule is CCCCCCCCCCCCCCCCCCCCCCC/C=C/CC/C=C/C(O)C(CO)NC(=O)CCCCCCCCCCCCCCCCCCCCCCCCCCCCCCC. The summed E-state index contributed by atoms with van der Waals surface area (Å²) >= 11 is 0. The number of carbonyl (C=O) groups excluding carboxylic acids is 1. The Bertz CT molecular complexity index is 994. The normalized spacial score (nSPS) is 12.8. The summed E-state index contributed by atoms with van der Waals surface area (Å²) in [6, 6.07) is -0.637. The Balaban J connectivity index is 3.45. The largest absolute Gasteiger partial charge is 0.394 e. The van der Waals surface area contributed by atoms with Gasteiger partial charge in [-0.05, 0) is 32.1 Å². The molecule has 0 saturated heterocycles. The van der Waals surface area contributed by atoms with E-state index in [-0.39, 0.29) is 12.5 Å². The Morgan fingerprint density at radius 3 is 0.853 bits per heavy atom. The van der Waals surface area contributed by atoms with Crippen LogP contribution >= 0.6 is 0 Å². The predicted molar refractivity (Wildman–Crippen MR) is 304 cm³/mol. The molecule has 0 fully saturated rings. The van der Waals surface area contributed by atoms with Crippen molar-refractivity contribution in [2.45, 2.75) is 373 Å². The Kier molecular flexibility index (Phi) is 59.2. The van der Waals surface area contributed by atoms with Crippen molar-refractivity contribution in [3.8, 4) is 0 Å². The standard InChI is InChI=1S/C64H125NO3/c1-3-5-7-9-11-13-15-17-19-21-23-25-27-29-31-32-34-36-38-40-42-44-46-48-50-52-54-56-58-60-64(68)65-62(61-66)63(67)59-57-55-53-51-49-47-45-43-41-39-37-35-33-30-28-26-24-22-20-18-16-14-12-10-8-6-4-2/h49,51,57,59,62-63,66-67H,3-48,50,52-56,58,60-61H2,1-2H3,(H,65,68)/b51-49+,59-57+. The number of hydrogen-bond acceptors (Lipinski definition) is 3. The summed E-state index contributed by atoms with van der Waals surface area (Å²) in [4.78, 5) is 12.5. The summed E-state index contributed by atoms with van der Waals surface area (Å²) in [5.74, 6) is -0.0651. The summed E-state index contributed by atoms with van der Waals surface area (Å²) in [6.07, 6.45) is 81.0. The number of hydrogen-bond donors (Lipinski definition) is 3. The van der Waals surface area contributed by atoms with Crippen molar-refractivity contribution in [3.63, 3.8) is 0 Å². The van der Waals surface area contributed by atoms with Crippen molar-refractivity contribution >= 4 is 5.91 Å². The molecule has 1 amide bonds. The molecule has 68 heavy (non-hydrogen) atoms. The van der Waals surface area contributed by atoms with Gasteiger partial charge < -0.3 is 15.5 Å². The van der Waals surface area contributed by atoms with Crippen molar-refractivity contribution in [1.82, 2.24) is 5.32 Å². The third-order valence-corrected chi connectivity index (χ3v) is 14.9. The first-order valence-corrected chi connectivity index (χ1v) is 31.6. The minimum absolute atomic E-state index is 0.0651. The van der Waals surface area contributed by atoms with Crippen LogP contribution in [0.4, 0.5) is 0 Å². The molecule has 0 saturated carbocycles. The fourth-order valence-corrected chi connectivity index (χ4v) is 10.1. The lowest BCUT2D eigenvalue weighted by Crippen LogP contribution is -2.45. The number of allylic oxidation sites excluding steroid dienone is 3. The zero-order chi connectivity index (χ0) is 49.2. The van der Waals surface area contributed by atoms with Gasteiger partial charge in [-0.15, -0.1) is 0 Å². The van der Waals surface area contributed by atoms with Crippen LogP contribution in [-0.4, -0.2) is 34.9 Å². The average Bonchev–Trinajstić information content (AvgIpc) is 3.34. The van der Waals surface area contributed by atoms with Crippen LogP contribution in [0.15, 0.2) is 24.3 Å². The van der Waals surface area contributed by atoms with Crippen molar-refractivity contribution < 1.29 is 15.0 Å². The first-order valence-electron chi connectivity index (χ1n) is 31.6. The smallest absolute Gasteiger partial charge is 0.220 e. The highest BCUT2D eigenvalue weighted by Crippen LogP contribution is 2.19. The first-order chi connectivity index (χ1) is 33.7. The zero-order valence-corrected chi connectivity index (χ0v) is 46.7.